The van der Waals surface area contributed by atoms with E-state index in [1.54, 1.807) is 12.1 Å². The van der Waals surface area contributed by atoms with E-state index in [1.165, 1.54) is 5.56 Å². The first-order valence-corrected chi connectivity index (χ1v) is 16.1. The van der Waals surface area contributed by atoms with Crippen molar-refractivity contribution in [2.45, 2.75) is 63.6 Å². The second-order valence-corrected chi connectivity index (χ2v) is 12.5. The van der Waals surface area contributed by atoms with Gasteiger partial charge in [0.25, 0.3) is 5.91 Å². The van der Waals surface area contributed by atoms with Crippen LogP contribution in [0.3, 0.4) is 0 Å². The van der Waals surface area contributed by atoms with Gasteiger partial charge in [-0.15, -0.1) is 0 Å². The van der Waals surface area contributed by atoms with E-state index in [2.05, 4.69) is 42.2 Å². The summed E-state index contributed by atoms with van der Waals surface area (Å²) in [6.45, 7) is 6.03. The largest absolute Gasteiger partial charge is 0.445 e. The van der Waals surface area contributed by atoms with Gasteiger partial charge in [0.15, 0.2) is 0 Å². The maximum Gasteiger partial charge on any atom is 0.410 e. The number of hydrogen-bond donors (Lipinski definition) is 0. The third-order valence-electron chi connectivity index (χ3n) is 9.23. The first kappa shape index (κ1) is 31.1. The Hall–Kier alpha value is -3.35. The summed E-state index contributed by atoms with van der Waals surface area (Å²) < 4.78 is 5.72. The fourth-order valence-electron chi connectivity index (χ4n) is 6.92. The highest BCUT2D eigenvalue weighted by Crippen LogP contribution is 2.42. The Balaban J connectivity index is 1.20. The Morgan fingerprint density at radius 3 is 2.28 bits per heavy atom. The molecular formula is C36H44ClN3O3. The Kier molecular flexibility index (Phi) is 10.8. The Morgan fingerprint density at radius 2 is 1.60 bits per heavy atom. The third kappa shape index (κ3) is 7.98. The molecule has 0 aromatic heterocycles. The van der Waals surface area contributed by atoms with E-state index in [0.29, 0.717) is 35.6 Å². The van der Waals surface area contributed by atoms with Crippen molar-refractivity contribution in [2.75, 3.05) is 33.2 Å². The third-order valence-corrected chi connectivity index (χ3v) is 9.47. The van der Waals surface area contributed by atoms with E-state index >= 15 is 0 Å². The Morgan fingerprint density at radius 1 is 0.907 bits per heavy atom. The Bertz CT molecular complexity index is 1330. The highest BCUT2D eigenvalue weighted by atomic mass is 35.5. The molecule has 3 atom stereocenters. The van der Waals surface area contributed by atoms with Gasteiger partial charge in [-0.1, -0.05) is 85.3 Å². The summed E-state index contributed by atoms with van der Waals surface area (Å²) >= 11 is 6.19. The minimum atomic E-state index is -0.209. The number of amides is 2. The van der Waals surface area contributed by atoms with Crippen molar-refractivity contribution in [3.63, 3.8) is 0 Å². The number of hydrogen-bond acceptors (Lipinski definition) is 4. The minimum absolute atomic E-state index is 0.0240. The molecule has 1 aliphatic heterocycles. The molecule has 43 heavy (non-hydrogen) atoms. The van der Waals surface area contributed by atoms with Gasteiger partial charge in [-0.25, -0.2) is 4.79 Å². The number of carbonyl (C=O) groups excluding carboxylic acids is 2. The lowest BCUT2D eigenvalue weighted by Crippen LogP contribution is -2.48. The SMILES string of the molecule is CCCN(C(=O)OCc1ccccc1)C1CCN(CC2CC(N(C)C(=O)c3cccc(Cl)c3)CC2c2ccccc2)CC1. The number of rotatable bonds is 10. The van der Waals surface area contributed by atoms with Gasteiger partial charge in [0.05, 0.1) is 0 Å². The molecule has 0 N–H and O–H groups in total. The van der Waals surface area contributed by atoms with Crippen LogP contribution in [0, 0.1) is 5.92 Å². The van der Waals surface area contributed by atoms with Gasteiger partial charge < -0.3 is 19.4 Å². The van der Waals surface area contributed by atoms with Gasteiger partial charge in [-0.3, -0.25) is 4.79 Å². The van der Waals surface area contributed by atoms with Crippen LogP contribution in [-0.4, -0.2) is 72.0 Å². The van der Waals surface area contributed by atoms with Crippen molar-refractivity contribution in [3.05, 3.63) is 107 Å². The lowest BCUT2D eigenvalue weighted by molar-refractivity contribution is 0.0572. The molecule has 1 saturated heterocycles. The predicted octanol–water partition coefficient (Wildman–Crippen LogP) is 7.49. The van der Waals surface area contributed by atoms with Gasteiger partial charge in [0, 0.05) is 55.9 Å². The molecule has 1 saturated carbocycles. The first-order chi connectivity index (χ1) is 20.9. The van der Waals surface area contributed by atoms with E-state index in [9.17, 15) is 9.59 Å². The number of likely N-dealkylation sites (tertiary alicyclic amines) is 1. The van der Waals surface area contributed by atoms with Gasteiger partial charge in [0.1, 0.15) is 6.61 Å². The number of halogens is 1. The standard InChI is InChI=1S/C36H44ClN3O3/c1-3-19-40(36(42)43-26-27-11-6-4-7-12-27)32-17-20-39(21-18-32)25-30-23-33(24-34(30)28-13-8-5-9-14-28)38(2)35(41)29-15-10-16-31(37)22-29/h4-16,22,30,32-34H,3,17-21,23-26H2,1-2H3. The zero-order valence-corrected chi connectivity index (χ0v) is 26.2. The van der Waals surface area contributed by atoms with Crippen molar-refractivity contribution >= 4 is 23.6 Å². The van der Waals surface area contributed by atoms with Gasteiger partial charge in [-0.2, -0.15) is 0 Å². The summed E-state index contributed by atoms with van der Waals surface area (Å²) in [5.74, 6) is 0.861. The minimum Gasteiger partial charge on any atom is -0.445 e. The lowest BCUT2D eigenvalue weighted by atomic mass is 9.88. The lowest BCUT2D eigenvalue weighted by Gasteiger charge is -2.39. The predicted molar refractivity (Wildman–Crippen MR) is 172 cm³/mol. The van der Waals surface area contributed by atoms with Crippen molar-refractivity contribution < 1.29 is 14.3 Å². The Labute approximate surface area is 261 Å². The molecule has 7 heteroatoms. The molecule has 0 spiro atoms. The van der Waals surface area contributed by atoms with Crippen LogP contribution in [0.4, 0.5) is 4.79 Å². The normalized spacial score (nSPS) is 21.0. The smallest absolute Gasteiger partial charge is 0.410 e. The molecule has 1 heterocycles. The molecule has 2 amide bonds. The molecule has 3 unspecified atom stereocenters. The average molecular weight is 602 g/mol. The number of carbonyl (C=O) groups is 2. The summed E-state index contributed by atoms with van der Waals surface area (Å²) in [7, 11) is 1.93. The molecule has 1 aliphatic carbocycles. The monoisotopic (exact) mass is 601 g/mol. The second-order valence-electron chi connectivity index (χ2n) is 12.1. The van der Waals surface area contributed by atoms with Crippen LogP contribution in [-0.2, 0) is 11.3 Å². The summed E-state index contributed by atoms with van der Waals surface area (Å²) in [6, 6.07) is 28.2. The maximum atomic E-state index is 13.4. The maximum absolute atomic E-state index is 13.4. The van der Waals surface area contributed by atoms with Crippen LogP contribution in [0.2, 0.25) is 5.02 Å². The number of piperidine rings is 1. The molecule has 2 fully saturated rings. The molecule has 0 radical (unpaired) electrons. The van der Waals surface area contributed by atoms with Gasteiger partial charge in [0.2, 0.25) is 0 Å². The van der Waals surface area contributed by atoms with E-state index in [0.717, 1.165) is 57.3 Å². The van der Waals surface area contributed by atoms with Crippen LogP contribution < -0.4 is 0 Å². The van der Waals surface area contributed by atoms with Crippen LogP contribution in [0.5, 0.6) is 0 Å². The fourth-order valence-corrected chi connectivity index (χ4v) is 7.11. The summed E-state index contributed by atoms with van der Waals surface area (Å²) in [5.41, 5.74) is 2.99. The van der Waals surface area contributed by atoms with Gasteiger partial charge >= 0.3 is 6.09 Å². The van der Waals surface area contributed by atoms with E-state index in [1.807, 2.05) is 59.3 Å². The molecule has 228 valence electrons. The molecule has 3 aromatic carbocycles. The van der Waals surface area contributed by atoms with Crippen molar-refractivity contribution in [2.24, 2.45) is 5.92 Å². The molecule has 0 bridgehead atoms. The number of benzene rings is 3. The zero-order valence-electron chi connectivity index (χ0n) is 25.4. The molecular weight excluding hydrogens is 558 g/mol. The van der Waals surface area contributed by atoms with Crippen molar-refractivity contribution in [3.8, 4) is 0 Å². The topological polar surface area (TPSA) is 53.1 Å². The van der Waals surface area contributed by atoms with E-state index in [-0.39, 0.29) is 24.1 Å². The van der Waals surface area contributed by atoms with E-state index in [4.69, 9.17) is 16.3 Å². The highest BCUT2D eigenvalue weighted by Gasteiger charge is 2.40. The number of ether oxygens (including phenoxy) is 1. The van der Waals surface area contributed by atoms with Crippen molar-refractivity contribution in [1.82, 2.24) is 14.7 Å². The zero-order chi connectivity index (χ0) is 30.2. The molecule has 3 aromatic rings. The molecule has 2 aliphatic rings. The average Bonchev–Trinajstić information content (AvgIpc) is 3.47. The van der Waals surface area contributed by atoms with Crippen LogP contribution >= 0.6 is 11.6 Å². The second kappa shape index (κ2) is 14.9. The number of nitrogens with zero attached hydrogens (tertiary/aromatic N) is 3. The summed E-state index contributed by atoms with van der Waals surface area (Å²) in [5, 5.41) is 0.580. The fraction of sp³-hybridized carbons (Fsp3) is 0.444. The van der Waals surface area contributed by atoms with Crippen LogP contribution in [0.25, 0.3) is 0 Å². The van der Waals surface area contributed by atoms with Crippen molar-refractivity contribution in [1.29, 1.82) is 0 Å². The highest BCUT2D eigenvalue weighted by molar-refractivity contribution is 6.30. The quantitative estimate of drug-likeness (QED) is 0.242. The van der Waals surface area contributed by atoms with E-state index < -0.39 is 0 Å². The molecule has 6 nitrogen and oxygen atoms in total. The van der Waals surface area contributed by atoms with Crippen LogP contribution in [0.15, 0.2) is 84.9 Å². The van der Waals surface area contributed by atoms with Gasteiger partial charge in [-0.05, 0) is 73.3 Å². The molecule has 5 rings (SSSR count). The summed E-state index contributed by atoms with van der Waals surface area (Å²) in [6.07, 6.45) is 4.50. The first-order valence-electron chi connectivity index (χ1n) is 15.7. The van der Waals surface area contributed by atoms with Crippen LogP contribution in [0.1, 0.15) is 66.4 Å². The summed E-state index contributed by atoms with van der Waals surface area (Å²) in [4.78, 5) is 32.9.